The van der Waals surface area contributed by atoms with Crippen molar-refractivity contribution in [2.45, 2.75) is 20.8 Å². The predicted molar refractivity (Wildman–Crippen MR) is 71.6 cm³/mol. The van der Waals surface area contributed by atoms with Crippen LogP contribution in [0.15, 0.2) is 23.2 Å². The third-order valence-electron chi connectivity index (χ3n) is 2.30. The molecule has 0 saturated carbocycles. The van der Waals surface area contributed by atoms with Crippen molar-refractivity contribution in [2.75, 3.05) is 11.9 Å². The van der Waals surface area contributed by atoms with Crippen LogP contribution in [0, 0.1) is 6.92 Å². The molecule has 1 rings (SSSR count). The molecular weight excluding hydrogens is 248 g/mol. The number of carbonyl (C=O) groups excluding carboxylic acids is 2. The number of phenolic OH excluding ortho intramolecular Hbond substituents is 1. The van der Waals surface area contributed by atoms with Gasteiger partial charge in [-0.25, -0.2) is 9.59 Å². The molecule has 1 aromatic carbocycles. The zero-order valence-corrected chi connectivity index (χ0v) is 11.1. The topological polar surface area (TPSA) is 88.0 Å². The highest BCUT2D eigenvalue weighted by molar-refractivity contribution is 6.37. The fraction of sp³-hybridized carbons (Fsp3) is 0.308. The number of anilines is 1. The summed E-state index contributed by atoms with van der Waals surface area (Å²) in [7, 11) is 0. The maximum absolute atomic E-state index is 11.5. The first-order valence-corrected chi connectivity index (χ1v) is 5.77. The van der Waals surface area contributed by atoms with Crippen molar-refractivity contribution in [3.8, 4) is 5.75 Å². The third kappa shape index (κ3) is 4.42. The van der Waals surface area contributed by atoms with Gasteiger partial charge in [-0.15, -0.1) is 0 Å². The molecule has 6 nitrogen and oxygen atoms in total. The summed E-state index contributed by atoms with van der Waals surface area (Å²) in [6.45, 7) is 5.02. The minimum Gasteiger partial charge on any atom is -0.508 e. The van der Waals surface area contributed by atoms with Gasteiger partial charge < -0.3 is 15.2 Å². The van der Waals surface area contributed by atoms with Crippen molar-refractivity contribution in [3.05, 3.63) is 23.8 Å². The number of rotatable bonds is 3. The van der Waals surface area contributed by atoms with Gasteiger partial charge in [-0.3, -0.25) is 0 Å². The van der Waals surface area contributed by atoms with Crippen LogP contribution in [-0.2, 0) is 9.53 Å². The van der Waals surface area contributed by atoms with Gasteiger partial charge in [-0.2, -0.15) is 4.99 Å². The first-order chi connectivity index (χ1) is 8.93. The van der Waals surface area contributed by atoms with E-state index in [0.717, 1.165) is 0 Å². The minimum atomic E-state index is -0.700. The van der Waals surface area contributed by atoms with E-state index in [4.69, 9.17) is 4.74 Å². The van der Waals surface area contributed by atoms with E-state index in [-0.39, 0.29) is 18.1 Å². The minimum absolute atomic E-state index is 0.0318. The molecule has 0 aliphatic rings. The standard InChI is InChI=1S/C13H16N2O4/c1-4-19-12(17)9(3)14-13(18)15-10-6-5-8(2)11(16)7-10/h5-7,16H,4H2,1-3H3,(H,15,18). The lowest BCUT2D eigenvalue weighted by Gasteiger charge is -2.05. The molecular formula is C13H16N2O4. The average Bonchev–Trinajstić information content (AvgIpc) is 2.34. The molecule has 0 fully saturated rings. The quantitative estimate of drug-likeness (QED) is 0.647. The number of urea groups is 1. The number of esters is 1. The number of benzene rings is 1. The monoisotopic (exact) mass is 264 g/mol. The second-order valence-electron chi connectivity index (χ2n) is 3.85. The fourth-order valence-corrected chi connectivity index (χ4v) is 1.27. The number of ether oxygens (including phenoxy) is 1. The molecule has 0 spiro atoms. The summed E-state index contributed by atoms with van der Waals surface area (Å²) in [5.41, 5.74) is 1.06. The highest BCUT2D eigenvalue weighted by Crippen LogP contribution is 2.20. The molecule has 2 amide bonds. The number of hydrogen-bond acceptors (Lipinski definition) is 4. The second-order valence-corrected chi connectivity index (χ2v) is 3.85. The summed E-state index contributed by atoms with van der Waals surface area (Å²) in [6.07, 6.45) is 0. The number of hydrogen-bond donors (Lipinski definition) is 2. The van der Waals surface area contributed by atoms with Crippen LogP contribution in [0.3, 0.4) is 0 Å². The Bertz CT molecular complexity index is 523. The van der Waals surface area contributed by atoms with E-state index >= 15 is 0 Å². The lowest BCUT2D eigenvalue weighted by molar-refractivity contribution is -0.135. The van der Waals surface area contributed by atoms with Crippen molar-refractivity contribution in [1.82, 2.24) is 0 Å². The third-order valence-corrected chi connectivity index (χ3v) is 2.30. The van der Waals surface area contributed by atoms with Gasteiger partial charge in [-0.05, 0) is 32.4 Å². The van der Waals surface area contributed by atoms with E-state index in [9.17, 15) is 14.7 Å². The molecule has 19 heavy (non-hydrogen) atoms. The van der Waals surface area contributed by atoms with Crippen molar-refractivity contribution in [1.29, 1.82) is 0 Å². The maximum atomic E-state index is 11.5. The van der Waals surface area contributed by atoms with Crippen LogP contribution in [0.5, 0.6) is 5.75 Å². The molecule has 0 saturated heterocycles. The summed E-state index contributed by atoms with van der Waals surface area (Å²) in [5.74, 6) is -0.562. The van der Waals surface area contributed by atoms with Crippen molar-refractivity contribution >= 4 is 23.4 Å². The first-order valence-electron chi connectivity index (χ1n) is 5.77. The largest absolute Gasteiger partial charge is 0.508 e. The normalized spacial score (nSPS) is 11.0. The molecule has 0 radical (unpaired) electrons. The van der Waals surface area contributed by atoms with Crippen LogP contribution in [0.2, 0.25) is 0 Å². The van der Waals surface area contributed by atoms with Crippen LogP contribution >= 0.6 is 0 Å². The van der Waals surface area contributed by atoms with Gasteiger partial charge >= 0.3 is 12.0 Å². The summed E-state index contributed by atoms with van der Waals surface area (Å²) in [6, 6.07) is 3.99. The smallest absolute Gasteiger partial charge is 0.352 e. The Hall–Kier alpha value is -2.37. The molecule has 0 aliphatic carbocycles. The Morgan fingerprint density at radius 3 is 2.68 bits per heavy atom. The lowest BCUT2D eigenvalue weighted by Crippen LogP contribution is -2.17. The number of aromatic hydroxyl groups is 1. The number of amides is 2. The Morgan fingerprint density at radius 2 is 2.11 bits per heavy atom. The van der Waals surface area contributed by atoms with E-state index in [1.807, 2.05) is 0 Å². The Labute approximate surface area is 111 Å². The van der Waals surface area contributed by atoms with E-state index in [1.165, 1.54) is 13.0 Å². The number of aryl methyl sites for hydroxylation is 1. The Morgan fingerprint density at radius 1 is 1.42 bits per heavy atom. The van der Waals surface area contributed by atoms with Gasteiger partial charge in [-0.1, -0.05) is 6.07 Å². The average molecular weight is 264 g/mol. The molecule has 0 heterocycles. The van der Waals surface area contributed by atoms with Gasteiger partial charge in [0.05, 0.1) is 6.61 Å². The number of carbonyl (C=O) groups is 2. The molecule has 0 aromatic heterocycles. The summed E-state index contributed by atoms with van der Waals surface area (Å²) in [4.78, 5) is 26.3. The number of aliphatic imine (C=N–C) groups is 1. The Balaban J connectivity index is 2.72. The first kappa shape index (κ1) is 14.7. The van der Waals surface area contributed by atoms with Crippen molar-refractivity contribution in [3.63, 3.8) is 0 Å². The van der Waals surface area contributed by atoms with Gasteiger partial charge in [0.2, 0.25) is 0 Å². The highest BCUT2D eigenvalue weighted by atomic mass is 16.5. The van der Waals surface area contributed by atoms with Gasteiger partial charge in [0.25, 0.3) is 0 Å². The number of phenols is 1. The fourth-order valence-electron chi connectivity index (χ4n) is 1.27. The lowest BCUT2D eigenvalue weighted by atomic mass is 10.2. The van der Waals surface area contributed by atoms with Crippen LogP contribution in [0.25, 0.3) is 0 Å². The molecule has 1 aromatic rings. The second kappa shape index (κ2) is 6.53. The summed E-state index contributed by atoms with van der Waals surface area (Å²) < 4.78 is 4.70. The van der Waals surface area contributed by atoms with Crippen molar-refractivity contribution in [2.24, 2.45) is 4.99 Å². The molecule has 0 bridgehead atoms. The number of nitrogens with one attached hydrogen (secondary N) is 1. The van der Waals surface area contributed by atoms with Crippen LogP contribution < -0.4 is 5.32 Å². The van der Waals surface area contributed by atoms with E-state index in [0.29, 0.717) is 11.3 Å². The number of nitrogens with zero attached hydrogens (tertiary/aromatic N) is 1. The van der Waals surface area contributed by atoms with E-state index in [2.05, 4.69) is 10.3 Å². The summed E-state index contributed by atoms with van der Waals surface area (Å²) >= 11 is 0. The molecule has 0 atom stereocenters. The van der Waals surface area contributed by atoms with Crippen molar-refractivity contribution < 1.29 is 19.4 Å². The SMILES string of the molecule is CCOC(=O)C(C)=NC(=O)Nc1ccc(C)c(O)c1. The Kier molecular flexibility index (Phi) is 5.05. The predicted octanol–water partition coefficient (Wildman–Crippen LogP) is 2.26. The summed E-state index contributed by atoms with van der Waals surface area (Å²) in [5, 5.41) is 11.9. The zero-order valence-electron chi connectivity index (χ0n) is 11.1. The van der Waals surface area contributed by atoms with Gasteiger partial charge in [0.15, 0.2) is 0 Å². The highest BCUT2D eigenvalue weighted by Gasteiger charge is 2.09. The molecule has 102 valence electrons. The van der Waals surface area contributed by atoms with Crippen LogP contribution in [-0.4, -0.2) is 29.4 Å². The van der Waals surface area contributed by atoms with Crippen LogP contribution in [0.1, 0.15) is 19.4 Å². The van der Waals surface area contributed by atoms with Crippen LogP contribution in [0.4, 0.5) is 10.5 Å². The zero-order chi connectivity index (χ0) is 14.4. The molecule has 2 N–H and O–H groups in total. The van der Waals surface area contributed by atoms with E-state index in [1.54, 1.807) is 26.0 Å². The molecule has 0 aliphatic heterocycles. The molecule has 6 heteroatoms. The van der Waals surface area contributed by atoms with Gasteiger partial charge in [0.1, 0.15) is 11.5 Å². The molecule has 0 unspecified atom stereocenters. The van der Waals surface area contributed by atoms with Gasteiger partial charge in [0, 0.05) is 11.8 Å². The van der Waals surface area contributed by atoms with E-state index < -0.39 is 12.0 Å². The maximum Gasteiger partial charge on any atom is 0.352 e.